The average molecular weight is 316 g/mol. The second kappa shape index (κ2) is 6.00. The molecule has 0 aliphatic carbocycles. The molecular weight excluding hydrogens is 296 g/mol. The number of likely N-dealkylation sites (tertiary alicyclic amines) is 1. The van der Waals surface area contributed by atoms with E-state index in [0.717, 1.165) is 30.5 Å². The van der Waals surface area contributed by atoms with Gasteiger partial charge in [-0.3, -0.25) is 15.1 Å². The molecule has 1 fully saturated rings. The Balaban J connectivity index is 1.62. The highest BCUT2D eigenvalue weighted by molar-refractivity contribution is 6.03. The van der Waals surface area contributed by atoms with Crippen LogP contribution in [-0.2, 0) is 9.63 Å². The van der Waals surface area contributed by atoms with Crippen molar-refractivity contribution in [2.24, 2.45) is 10.9 Å². The van der Waals surface area contributed by atoms with E-state index in [1.54, 1.807) is 12.1 Å². The molecule has 4 N–H and O–H groups in total. The van der Waals surface area contributed by atoms with Crippen LogP contribution >= 0.6 is 0 Å². The molecule has 1 aromatic rings. The Labute approximate surface area is 134 Å². The first-order valence-corrected chi connectivity index (χ1v) is 7.61. The van der Waals surface area contributed by atoms with Crippen LogP contribution in [0.5, 0.6) is 0 Å². The normalized spacial score (nSPS) is 20.1. The van der Waals surface area contributed by atoms with Crippen LogP contribution in [0, 0.1) is 5.41 Å². The fourth-order valence-electron chi connectivity index (χ4n) is 3.10. The monoisotopic (exact) mass is 316 g/mol. The van der Waals surface area contributed by atoms with E-state index in [9.17, 15) is 4.79 Å². The first kappa shape index (κ1) is 15.5. The van der Waals surface area contributed by atoms with Gasteiger partial charge < -0.3 is 15.7 Å². The minimum atomic E-state index is -0.796. The van der Waals surface area contributed by atoms with Crippen LogP contribution in [0.1, 0.15) is 30.4 Å². The third kappa shape index (κ3) is 3.34. The molecular formula is C16H20N4O3. The largest absolute Gasteiger partial charge is 0.480 e. The van der Waals surface area contributed by atoms with E-state index in [4.69, 9.17) is 21.1 Å². The van der Waals surface area contributed by atoms with Gasteiger partial charge in [-0.15, -0.1) is 0 Å². The second-order valence-electron chi connectivity index (χ2n) is 6.15. The Morgan fingerprint density at radius 3 is 2.57 bits per heavy atom. The van der Waals surface area contributed by atoms with Gasteiger partial charge in [0.2, 0.25) is 0 Å². The summed E-state index contributed by atoms with van der Waals surface area (Å²) in [7, 11) is 0. The molecule has 0 bridgehead atoms. The van der Waals surface area contributed by atoms with Crippen molar-refractivity contribution in [3.05, 3.63) is 35.4 Å². The molecule has 122 valence electrons. The highest BCUT2D eigenvalue weighted by Crippen LogP contribution is 2.36. The summed E-state index contributed by atoms with van der Waals surface area (Å²) in [5.41, 5.74) is 7.71. The van der Waals surface area contributed by atoms with Crippen LogP contribution in [-0.4, -0.2) is 52.8 Å². The van der Waals surface area contributed by atoms with Crippen molar-refractivity contribution in [2.45, 2.75) is 24.9 Å². The summed E-state index contributed by atoms with van der Waals surface area (Å²) in [5.74, 6) is -0.751. The van der Waals surface area contributed by atoms with Gasteiger partial charge in [-0.1, -0.05) is 29.4 Å². The summed E-state index contributed by atoms with van der Waals surface area (Å²) in [4.78, 5) is 18.4. The Morgan fingerprint density at radius 2 is 2.00 bits per heavy atom. The smallest absolute Gasteiger partial charge is 0.317 e. The molecule has 2 heterocycles. The fourth-order valence-corrected chi connectivity index (χ4v) is 3.10. The molecule has 23 heavy (non-hydrogen) atoms. The van der Waals surface area contributed by atoms with Gasteiger partial charge in [0.25, 0.3) is 0 Å². The van der Waals surface area contributed by atoms with Gasteiger partial charge >= 0.3 is 5.97 Å². The van der Waals surface area contributed by atoms with Gasteiger partial charge in [-0.05, 0) is 5.56 Å². The predicted octanol–water partition coefficient (Wildman–Crippen LogP) is 1.01. The molecule has 0 unspecified atom stereocenters. The Bertz CT molecular complexity index is 646. The van der Waals surface area contributed by atoms with E-state index in [2.05, 4.69) is 5.16 Å². The number of nitrogens with two attached hydrogens (primary N) is 1. The summed E-state index contributed by atoms with van der Waals surface area (Å²) >= 11 is 0. The van der Waals surface area contributed by atoms with Crippen molar-refractivity contribution in [3.63, 3.8) is 0 Å². The van der Waals surface area contributed by atoms with E-state index >= 15 is 0 Å². The van der Waals surface area contributed by atoms with Crippen LogP contribution in [0.3, 0.4) is 0 Å². The Morgan fingerprint density at radius 1 is 1.35 bits per heavy atom. The van der Waals surface area contributed by atoms with Gasteiger partial charge in [-0.2, -0.15) is 0 Å². The number of carboxylic acids is 1. The number of nitrogens with one attached hydrogen (secondary N) is 1. The van der Waals surface area contributed by atoms with Crippen LogP contribution in [0.15, 0.2) is 29.4 Å². The molecule has 0 aromatic heterocycles. The zero-order chi connectivity index (χ0) is 16.4. The van der Waals surface area contributed by atoms with E-state index in [1.165, 1.54) is 0 Å². The molecule has 0 atom stereocenters. The highest BCUT2D eigenvalue weighted by atomic mass is 16.7. The number of aliphatic carboxylic acids is 1. The molecule has 0 saturated carbocycles. The number of rotatable bonds is 4. The number of nitrogen functional groups attached to an aromatic ring is 1. The lowest BCUT2D eigenvalue weighted by atomic mass is 9.85. The van der Waals surface area contributed by atoms with E-state index in [1.807, 2.05) is 17.0 Å². The Hall–Kier alpha value is -2.41. The third-order valence-corrected chi connectivity index (χ3v) is 4.49. The molecule has 1 aromatic carbocycles. The molecule has 7 heteroatoms. The van der Waals surface area contributed by atoms with E-state index in [0.29, 0.717) is 18.7 Å². The molecule has 0 radical (unpaired) electrons. The van der Waals surface area contributed by atoms with Gasteiger partial charge in [0, 0.05) is 37.9 Å². The first-order valence-electron chi connectivity index (χ1n) is 7.61. The second-order valence-corrected chi connectivity index (χ2v) is 6.15. The van der Waals surface area contributed by atoms with Crippen molar-refractivity contribution >= 4 is 17.5 Å². The lowest BCUT2D eigenvalue weighted by Gasteiger charge is -2.36. The minimum Gasteiger partial charge on any atom is -0.480 e. The number of oxime groups is 1. The standard InChI is InChI=1S/C16H20N4O3/c17-15(18)12-3-1-11(2-4-12)13-9-16(23-19-13)5-7-20(8-6-16)10-14(21)22/h1-4H,5-10H2,(H3,17,18)(H,21,22). The summed E-state index contributed by atoms with van der Waals surface area (Å²) in [5, 5.41) is 20.5. The molecule has 0 amide bonds. The number of amidine groups is 1. The Kier molecular flexibility index (Phi) is 4.04. The molecule has 7 nitrogen and oxygen atoms in total. The minimum absolute atomic E-state index is 0.0448. The molecule has 1 saturated heterocycles. The molecule has 3 rings (SSSR count). The average Bonchev–Trinajstić information content (AvgIpc) is 2.94. The van der Waals surface area contributed by atoms with Gasteiger partial charge in [0.05, 0.1) is 12.3 Å². The third-order valence-electron chi connectivity index (χ3n) is 4.49. The maximum Gasteiger partial charge on any atom is 0.317 e. The number of hydrogen-bond acceptors (Lipinski definition) is 5. The molecule has 2 aliphatic heterocycles. The van der Waals surface area contributed by atoms with Crippen LogP contribution in [0.4, 0.5) is 0 Å². The predicted molar refractivity (Wildman–Crippen MR) is 85.7 cm³/mol. The summed E-state index contributed by atoms with van der Waals surface area (Å²) in [6, 6.07) is 7.41. The lowest BCUT2D eigenvalue weighted by molar-refractivity contribution is -0.140. The highest BCUT2D eigenvalue weighted by Gasteiger charge is 2.42. The lowest BCUT2D eigenvalue weighted by Crippen LogP contribution is -2.46. The molecule has 1 spiro atoms. The van der Waals surface area contributed by atoms with Crippen molar-refractivity contribution < 1.29 is 14.7 Å². The maximum absolute atomic E-state index is 10.8. The topological polar surface area (TPSA) is 112 Å². The van der Waals surface area contributed by atoms with Crippen LogP contribution in [0.25, 0.3) is 0 Å². The van der Waals surface area contributed by atoms with Gasteiger partial charge in [0.1, 0.15) is 11.4 Å². The summed E-state index contributed by atoms with van der Waals surface area (Å²) in [6.07, 6.45) is 2.28. The number of piperidine rings is 1. The number of nitrogens with zero attached hydrogens (tertiary/aromatic N) is 2. The van der Waals surface area contributed by atoms with Crippen molar-refractivity contribution in [1.82, 2.24) is 4.90 Å². The maximum atomic E-state index is 10.8. The van der Waals surface area contributed by atoms with Gasteiger partial charge in [0.15, 0.2) is 0 Å². The number of benzene rings is 1. The van der Waals surface area contributed by atoms with Crippen LogP contribution < -0.4 is 5.73 Å². The van der Waals surface area contributed by atoms with Crippen LogP contribution in [0.2, 0.25) is 0 Å². The van der Waals surface area contributed by atoms with E-state index in [-0.39, 0.29) is 18.0 Å². The van der Waals surface area contributed by atoms with Crippen molar-refractivity contribution in [3.8, 4) is 0 Å². The number of hydrogen-bond donors (Lipinski definition) is 3. The summed E-state index contributed by atoms with van der Waals surface area (Å²) < 4.78 is 0. The zero-order valence-electron chi connectivity index (χ0n) is 12.8. The van der Waals surface area contributed by atoms with Crippen molar-refractivity contribution in [2.75, 3.05) is 19.6 Å². The number of carboxylic acid groups (broad SMARTS) is 1. The quantitative estimate of drug-likeness (QED) is 0.567. The summed E-state index contributed by atoms with van der Waals surface area (Å²) in [6.45, 7) is 1.49. The SMILES string of the molecule is N=C(N)c1ccc(C2=NOC3(CCN(CC(=O)O)CC3)C2)cc1. The fraction of sp³-hybridized carbons (Fsp3) is 0.438. The first-order chi connectivity index (χ1) is 11.0. The zero-order valence-corrected chi connectivity index (χ0v) is 12.8. The number of carbonyl (C=O) groups is 1. The molecule has 2 aliphatic rings. The van der Waals surface area contributed by atoms with Gasteiger partial charge in [-0.25, -0.2) is 0 Å². The van der Waals surface area contributed by atoms with E-state index < -0.39 is 5.97 Å². The van der Waals surface area contributed by atoms with Crippen molar-refractivity contribution in [1.29, 1.82) is 5.41 Å².